The molecular weight excluding hydrogens is 567 g/mol. The van der Waals surface area contributed by atoms with E-state index in [-0.39, 0.29) is 25.3 Å². The Bertz CT molecular complexity index is 1140. The van der Waals surface area contributed by atoms with Gasteiger partial charge in [-0.15, -0.1) is 0 Å². The highest BCUT2D eigenvalue weighted by atomic mass is 79.9. The highest BCUT2D eigenvalue weighted by molar-refractivity contribution is 9.10. The number of halogens is 4. The van der Waals surface area contributed by atoms with Crippen LogP contribution in [-0.4, -0.2) is 87.0 Å². The molecule has 1 spiro atoms. The van der Waals surface area contributed by atoms with Gasteiger partial charge in [0, 0.05) is 19.5 Å². The molecule has 16 heteroatoms. The molecular formula is C21H27BrF3N7O5. The molecule has 1 aromatic heterocycles. The second-order valence-electron chi connectivity index (χ2n) is 9.63. The van der Waals surface area contributed by atoms with Crippen molar-refractivity contribution in [1.29, 1.82) is 0 Å². The fraction of sp³-hybridized carbons (Fsp3) is 0.619. The highest BCUT2D eigenvalue weighted by Gasteiger charge is 2.59. The number of rotatable bonds is 7. The molecule has 4 N–H and O–H groups in total. The number of aromatic nitrogens is 2. The fourth-order valence-electron chi connectivity index (χ4n) is 4.65. The topological polar surface area (TPSA) is 160 Å². The number of primary amides is 1. The Morgan fingerprint density at radius 3 is 2.49 bits per heavy atom. The molecule has 1 fully saturated rings. The van der Waals surface area contributed by atoms with Crippen LogP contribution in [-0.2, 0) is 29.5 Å². The minimum absolute atomic E-state index is 0.0841. The lowest BCUT2D eigenvalue weighted by molar-refractivity contribution is -0.175. The number of anilines is 1. The summed E-state index contributed by atoms with van der Waals surface area (Å²) in [4.78, 5) is 65.4. The van der Waals surface area contributed by atoms with Crippen LogP contribution in [0.1, 0.15) is 33.6 Å². The summed E-state index contributed by atoms with van der Waals surface area (Å²) in [5.41, 5.74) is 4.17. The van der Waals surface area contributed by atoms with Gasteiger partial charge in [0.1, 0.15) is 28.5 Å². The molecule has 0 radical (unpaired) electrons. The van der Waals surface area contributed by atoms with Gasteiger partial charge in [-0.2, -0.15) is 18.3 Å². The van der Waals surface area contributed by atoms with Gasteiger partial charge in [-0.1, -0.05) is 13.8 Å². The largest absolute Gasteiger partial charge is 0.471 e. The molecule has 3 heterocycles. The summed E-state index contributed by atoms with van der Waals surface area (Å²) in [6.45, 7) is 4.32. The Morgan fingerprint density at radius 2 is 1.95 bits per heavy atom. The number of hydrogen-bond donors (Lipinski definition) is 3. The number of carbonyl (C=O) groups excluding carboxylic acids is 5. The normalized spacial score (nSPS) is 22.6. The lowest BCUT2D eigenvalue weighted by Crippen LogP contribution is -2.57. The molecule has 1 saturated heterocycles. The van der Waals surface area contributed by atoms with Crippen molar-refractivity contribution in [1.82, 2.24) is 24.9 Å². The van der Waals surface area contributed by atoms with Crippen molar-refractivity contribution in [3.05, 3.63) is 10.7 Å². The van der Waals surface area contributed by atoms with E-state index < -0.39 is 59.4 Å². The third kappa shape index (κ3) is 5.29. The number of nitrogens with two attached hydrogens (primary N) is 1. The van der Waals surface area contributed by atoms with E-state index in [4.69, 9.17) is 5.73 Å². The smallest absolute Gasteiger partial charge is 0.368 e. The Balaban J connectivity index is 1.91. The van der Waals surface area contributed by atoms with Crippen LogP contribution < -0.4 is 16.4 Å². The molecule has 37 heavy (non-hydrogen) atoms. The van der Waals surface area contributed by atoms with Gasteiger partial charge < -0.3 is 26.2 Å². The zero-order valence-electron chi connectivity index (χ0n) is 20.4. The van der Waals surface area contributed by atoms with Gasteiger partial charge in [0.2, 0.25) is 17.7 Å². The summed E-state index contributed by atoms with van der Waals surface area (Å²) >= 11 is 3.22. The predicted octanol–water partition coefficient (Wildman–Crippen LogP) is 0.319. The van der Waals surface area contributed by atoms with Gasteiger partial charge in [-0.3, -0.25) is 24.0 Å². The number of hydrogen-bond acceptors (Lipinski definition) is 6. The van der Waals surface area contributed by atoms with E-state index in [1.165, 1.54) is 11.7 Å². The van der Waals surface area contributed by atoms with E-state index in [0.29, 0.717) is 10.4 Å². The van der Waals surface area contributed by atoms with Crippen molar-refractivity contribution in [3.8, 4) is 0 Å². The van der Waals surface area contributed by atoms with E-state index in [0.717, 1.165) is 16.7 Å². The lowest BCUT2D eigenvalue weighted by atomic mass is 9.96. The van der Waals surface area contributed by atoms with E-state index in [9.17, 15) is 37.1 Å². The molecule has 0 saturated carbocycles. The first-order valence-corrected chi connectivity index (χ1v) is 12.1. The third-order valence-electron chi connectivity index (χ3n) is 6.47. The van der Waals surface area contributed by atoms with E-state index in [2.05, 4.69) is 26.3 Å². The predicted molar refractivity (Wildman–Crippen MR) is 126 cm³/mol. The van der Waals surface area contributed by atoms with Gasteiger partial charge in [0.25, 0.3) is 5.91 Å². The number of nitrogens with zero attached hydrogens (tertiary/aromatic N) is 4. The van der Waals surface area contributed by atoms with Crippen LogP contribution in [0, 0.1) is 5.92 Å². The van der Waals surface area contributed by atoms with Gasteiger partial charge >= 0.3 is 12.1 Å². The average molecular weight is 594 g/mol. The maximum Gasteiger partial charge on any atom is 0.471 e. The molecule has 0 aromatic carbocycles. The number of carbonyl (C=O) groups is 5. The molecule has 2 aliphatic rings. The lowest BCUT2D eigenvalue weighted by Gasteiger charge is -2.35. The second kappa shape index (κ2) is 9.95. The number of nitrogens with one attached hydrogen (secondary N) is 2. The van der Waals surface area contributed by atoms with E-state index in [1.54, 1.807) is 25.2 Å². The monoisotopic (exact) mass is 593 g/mol. The number of amides is 5. The quantitative estimate of drug-likeness (QED) is 0.413. The Hall–Kier alpha value is -3.17. The van der Waals surface area contributed by atoms with Crippen LogP contribution in [0.15, 0.2) is 10.7 Å². The minimum atomic E-state index is -5.19. The van der Waals surface area contributed by atoms with Crippen LogP contribution in [0.5, 0.6) is 0 Å². The summed E-state index contributed by atoms with van der Waals surface area (Å²) in [6.07, 6.45) is -5.27. The van der Waals surface area contributed by atoms with E-state index in [1.807, 2.05) is 0 Å². The van der Waals surface area contributed by atoms with Crippen molar-refractivity contribution in [2.24, 2.45) is 11.7 Å². The fourth-order valence-corrected chi connectivity index (χ4v) is 5.02. The Kier molecular flexibility index (Phi) is 7.63. The summed E-state index contributed by atoms with van der Waals surface area (Å²) in [5, 5.41) is 8.50. The molecule has 3 rings (SSSR count). The summed E-state index contributed by atoms with van der Waals surface area (Å²) in [6, 6.07) is -2.47. The number of alkyl halides is 3. The first-order chi connectivity index (χ1) is 17.0. The van der Waals surface area contributed by atoms with Gasteiger partial charge in [-0.05, 0) is 35.2 Å². The molecule has 0 aliphatic carbocycles. The first kappa shape index (κ1) is 28.4. The Labute approximate surface area is 218 Å². The van der Waals surface area contributed by atoms with Crippen molar-refractivity contribution >= 4 is 51.3 Å². The second-order valence-corrected chi connectivity index (χ2v) is 10.4. The first-order valence-electron chi connectivity index (χ1n) is 11.3. The van der Waals surface area contributed by atoms with Gasteiger partial charge in [0.05, 0.1) is 6.54 Å². The van der Waals surface area contributed by atoms with Crippen molar-refractivity contribution in [3.63, 3.8) is 0 Å². The SMILES string of the molecule is CC(C)C[C@@H](C(=O)N1C[C@]2(C[C@H]1C(N)=O)C(=O)Nc1cc(Br)nn12)N(C)C(=O)[C@H](C)NC(=O)C(F)(F)F. The summed E-state index contributed by atoms with van der Waals surface area (Å²) < 4.78 is 39.8. The molecule has 1 aromatic rings. The number of fused-ring (bicyclic) bond motifs is 2. The molecule has 0 bridgehead atoms. The maximum atomic E-state index is 13.8. The van der Waals surface area contributed by atoms with Crippen molar-refractivity contribution in [2.75, 3.05) is 18.9 Å². The van der Waals surface area contributed by atoms with E-state index >= 15 is 0 Å². The van der Waals surface area contributed by atoms with Crippen molar-refractivity contribution < 1.29 is 37.1 Å². The number of likely N-dealkylation sites (tertiary alicyclic amines) is 1. The summed E-state index contributed by atoms with van der Waals surface area (Å²) in [7, 11) is 1.22. The molecule has 204 valence electrons. The van der Waals surface area contributed by atoms with Crippen LogP contribution >= 0.6 is 15.9 Å². The van der Waals surface area contributed by atoms with Crippen LogP contribution in [0.2, 0.25) is 0 Å². The molecule has 4 atom stereocenters. The highest BCUT2D eigenvalue weighted by Crippen LogP contribution is 2.42. The standard InChI is InChI=1S/C21H27BrF3N7O5/c1-9(2)5-11(30(4)16(34)10(3)27-19(37)21(23,24)25)17(35)31-8-20(7-12(31)15(26)33)18(36)28-14-6-13(22)29-32(14)20/h6,9-12H,5,7-8H2,1-4H3,(H2,26,33)(H,27,37)(H,28,36)/t10-,11-,12-,20+/m0/s1. The molecule has 0 unspecified atom stereocenters. The van der Waals surface area contributed by atoms with Crippen LogP contribution in [0.25, 0.3) is 0 Å². The van der Waals surface area contributed by atoms with Gasteiger partial charge in [0.15, 0.2) is 5.54 Å². The molecule has 12 nitrogen and oxygen atoms in total. The van der Waals surface area contributed by atoms with Gasteiger partial charge in [-0.25, -0.2) is 4.68 Å². The maximum absolute atomic E-state index is 13.8. The van der Waals surface area contributed by atoms with Crippen molar-refractivity contribution in [2.45, 2.75) is 63.5 Å². The summed E-state index contributed by atoms with van der Waals surface area (Å²) in [5.74, 6) is -5.12. The zero-order chi connectivity index (χ0) is 28.0. The molecule has 2 aliphatic heterocycles. The zero-order valence-corrected chi connectivity index (χ0v) is 22.0. The molecule has 5 amide bonds. The third-order valence-corrected chi connectivity index (χ3v) is 6.86. The average Bonchev–Trinajstić information content (AvgIpc) is 3.43. The minimum Gasteiger partial charge on any atom is -0.368 e. The Morgan fingerprint density at radius 1 is 1.32 bits per heavy atom. The van der Waals surface area contributed by atoms with Crippen LogP contribution in [0.3, 0.4) is 0 Å². The van der Waals surface area contributed by atoms with Crippen LogP contribution in [0.4, 0.5) is 19.0 Å². The number of likely N-dealkylation sites (N-methyl/N-ethyl adjacent to an activating group) is 1.